The summed E-state index contributed by atoms with van der Waals surface area (Å²) < 4.78 is 14.7. The summed E-state index contributed by atoms with van der Waals surface area (Å²) in [5, 5.41) is 0. The normalized spacial score (nSPS) is 13.0. The third kappa shape index (κ3) is 7.48. The SMILES string of the molecule is C=C(C)C(=O)OC(CC(C)C(=O)OC)C(=O)OCCCC. The highest BCUT2D eigenvalue weighted by atomic mass is 16.6. The zero-order chi connectivity index (χ0) is 16.4. The van der Waals surface area contributed by atoms with Crippen LogP contribution in [-0.4, -0.2) is 37.7 Å². The molecule has 0 aromatic heterocycles. The molecule has 0 heterocycles. The zero-order valence-corrected chi connectivity index (χ0v) is 13.1. The second kappa shape index (κ2) is 9.96. The number of methoxy groups -OCH3 is 1. The van der Waals surface area contributed by atoms with Crippen LogP contribution in [0.15, 0.2) is 12.2 Å². The molecular formula is C15H24O6. The third-order valence-corrected chi connectivity index (χ3v) is 2.77. The molecule has 0 amide bonds. The van der Waals surface area contributed by atoms with Crippen LogP contribution in [0, 0.1) is 5.92 Å². The minimum atomic E-state index is -1.14. The highest BCUT2D eigenvalue weighted by Crippen LogP contribution is 2.14. The van der Waals surface area contributed by atoms with E-state index in [0.717, 1.165) is 12.8 Å². The fraction of sp³-hybridized carbons (Fsp3) is 0.667. The average molecular weight is 300 g/mol. The maximum Gasteiger partial charge on any atom is 0.347 e. The summed E-state index contributed by atoms with van der Waals surface area (Å²) in [5.41, 5.74) is 0.173. The molecule has 0 aromatic carbocycles. The molecule has 0 spiro atoms. The molecule has 0 aliphatic heterocycles. The minimum absolute atomic E-state index is 0.0106. The van der Waals surface area contributed by atoms with Gasteiger partial charge >= 0.3 is 17.9 Å². The number of hydrogen-bond acceptors (Lipinski definition) is 6. The Labute approximate surface area is 125 Å². The van der Waals surface area contributed by atoms with Crippen LogP contribution in [-0.2, 0) is 28.6 Å². The van der Waals surface area contributed by atoms with Crippen LogP contribution in [0.3, 0.4) is 0 Å². The minimum Gasteiger partial charge on any atom is -0.469 e. The standard InChI is InChI=1S/C15H24O6/c1-6-7-8-20-15(18)12(21-13(16)10(2)3)9-11(4)14(17)19-5/h11-12H,2,6-9H2,1,3-5H3. The van der Waals surface area contributed by atoms with Crippen molar-refractivity contribution in [3.8, 4) is 0 Å². The van der Waals surface area contributed by atoms with Gasteiger partial charge in [-0.1, -0.05) is 26.8 Å². The molecule has 0 aliphatic rings. The lowest BCUT2D eigenvalue weighted by molar-refractivity contribution is -0.168. The summed E-state index contributed by atoms with van der Waals surface area (Å²) in [7, 11) is 1.26. The first-order valence-corrected chi connectivity index (χ1v) is 6.94. The Balaban J connectivity index is 4.75. The van der Waals surface area contributed by atoms with Crippen molar-refractivity contribution in [2.75, 3.05) is 13.7 Å². The van der Waals surface area contributed by atoms with Crippen LogP contribution in [0.1, 0.15) is 40.0 Å². The smallest absolute Gasteiger partial charge is 0.347 e. The first-order chi connectivity index (χ1) is 9.83. The van der Waals surface area contributed by atoms with Crippen LogP contribution >= 0.6 is 0 Å². The van der Waals surface area contributed by atoms with E-state index in [0.29, 0.717) is 0 Å². The second-order valence-electron chi connectivity index (χ2n) is 4.86. The van der Waals surface area contributed by atoms with Crippen molar-refractivity contribution in [2.24, 2.45) is 5.92 Å². The number of carbonyl (C=O) groups is 3. The lowest BCUT2D eigenvalue weighted by Gasteiger charge is -2.19. The van der Waals surface area contributed by atoms with Crippen LogP contribution in [0.2, 0.25) is 0 Å². The topological polar surface area (TPSA) is 78.9 Å². The van der Waals surface area contributed by atoms with Gasteiger partial charge in [-0.15, -0.1) is 0 Å². The summed E-state index contributed by atoms with van der Waals surface area (Å²) in [6.45, 7) is 8.74. The maximum atomic E-state index is 11.9. The molecule has 0 rings (SSSR count). The highest BCUT2D eigenvalue weighted by Gasteiger charge is 2.29. The molecule has 0 aliphatic carbocycles. The fourth-order valence-corrected chi connectivity index (χ4v) is 1.45. The monoisotopic (exact) mass is 300 g/mol. The van der Waals surface area contributed by atoms with Gasteiger partial charge in [0.1, 0.15) is 0 Å². The van der Waals surface area contributed by atoms with E-state index in [1.807, 2.05) is 6.92 Å². The Morgan fingerprint density at radius 2 is 1.81 bits per heavy atom. The van der Waals surface area contributed by atoms with E-state index < -0.39 is 29.9 Å². The summed E-state index contributed by atoms with van der Waals surface area (Å²) in [4.78, 5) is 34.9. The van der Waals surface area contributed by atoms with Crippen molar-refractivity contribution in [2.45, 2.75) is 46.1 Å². The molecule has 0 bridgehead atoms. The van der Waals surface area contributed by atoms with Gasteiger partial charge < -0.3 is 14.2 Å². The summed E-state index contributed by atoms with van der Waals surface area (Å²) in [6.07, 6.45) is 0.471. The predicted octanol–water partition coefficient (Wildman–Crippen LogP) is 2.02. The van der Waals surface area contributed by atoms with Crippen LogP contribution in [0.5, 0.6) is 0 Å². The van der Waals surface area contributed by atoms with Gasteiger partial charge in [0, 0.05) is 12.0 Å². The molecule has 6 nitrogen and oxygen atoms in total. The van der Waals surface area contributed by atoms with E-state index in [-0.39, 0.29) is 18.6 Å². The average Bonchev–Trinajstić information content (AvgIpc) is 2.45. The molecule has 21 heavy (non-hydrogen) atoms. The summed E-state index contributed by atoms with van der Waals surface area (Å²) >= 11 is 0. The fourth-order valence-electron chi connectivity index (χ4n) is 1.45. The van der Waals surface area contributed by atoms with Crippen LogP contribution in [0.4, 0.5) is 0 Å². The van der Waals surface area contributed by atoms with Gasteiger partial charge in [-0.25, -0.2) is 9.59 Å². The molecule has 0 saturated carbocycles. The molecule has 2 unspecified atom stereocenters. The van der Waals surface area contributed by atoms with Gasteiger partial charge in [0.05, 0.1) is 19.6 Å². The van der Waals surface area contributed by atoms with Gasteiger partial charge in [-0.3, -0.25) is 4.79 Å². The van der Waals surface area contributed by atoms with Crippen molar-refractivity contribution in [1.29, 1.82) is 0 Å². The summed E-state index contributed by atoms with van der Waals surface area (Å²) in [5.74, 6) is -2.41. The van der Waals surface area contributed by atoms with Gasteiger partial charge in [0.25, 0.3) is 0 Å². The van der Waals surface area contributed by atoms with E-state index in [4.69, 9.17) is 9.47 Å². The molecule has 2 atom stereocenters. The third-order valence-electron chi connectivity index (χ3n) is 2.77. The van der Waals surface area contributed by atoms with Gasteiger partial charge in [0.2, 0.25) is 0 Å². The first-order valence-electron chi connectivity index (χ1n) is 6.94. The van der Waals surface area contributed by atoms with E-state index in [2.05, 4.69) is 11.3 Å². The second-order valence-corrected chi connectivity index (χ2v) is 4.86. The Kier molecular flexibility index (Phi) is 9.08. The lowest BCUT2D eigenvalue weighted by Crippen LogP contribution is -2.33. The number of unbranched alkanes of at least 4 members (excludes halogenated alkanes) is 1. The van der Waals surface area contributed by atoms with Crippen LogP contribution < -0.4 is 0 Å². The number of carbonyl (C=O) groups excluding carboxylic acids is 3. The van der Waals surface area contributed by atoms with Gasteiger partial charge in [-0.05, 0) is 13.3 Å². The zero-order valence-electron chi connectivity index (χ0n) is 13.1. The number of rotatable bonds is 9. The van der Waals surface area contributed by atoms with Crippen molar-refractivity contribution in [3.05, 3.63) is 12.2 Å². The summed E-state index contributed by atoms with van der Waals surface area (Å²) in [6, 6.07) is 0. The Morgan fingerprint density at radius 1 is 1.19 bits per heavy atom. The van der Waals surface area contributed by atoms with E-state index in [1.165, 1.54) is 14.0 Å². The molecule has 0 saturated heterocycles. The Bertz CT molecular complexity index is 388. The molecule has 120 valence electrons. The molecule has 0 aromatic rings. The number of ether oxygens (including phenoxy) is 3. The molecule has 0 fully saturated rings. The van der Waals surface area contributed by atoms with Crippen molar-refractivity contribution >= 4 is 17.9 Å². The maximum absolute atomic E-state index is 11.9. The highest BCUT2D eigenvalue weighted by molar-refractivity contribution is 5.89. The van der Waals surface area contributed by atoms with E-state index in [9.17, 15) is 14.4 Å². The number of esters is 3. The molecule has 0 N–H and O–H groups in total. The molecule has 0 radical (unpaired) electrons. The van der Waals surface area contributed by atoms with Crippen molar-refractivity contribution < 1.29 is 28.6 Å². The van der Waals surface area contributed by atoms with Gasteiger partial charge in [-0.2, -0.15) is 0 Å². The Morgan fingerprint density at radius 3 is 2.29 bits per heavy atom. The lowest BCUT2D eigenvalue weighted by atomic mass is 10.0. The molecule has 6 heteroatoms. The Hall–Kier alpha value is -1.85. The molecular weight excluding hydrogens is 276 g/mol. The number of hydrogen-bond donors (Lipinski definition) is 0. The quantitative estimate of drug-likeness (QED) is 0.280. The largest absolute Gasteiger partial charge is 0.469 e. The van der Waals surface area contributed by atoms with Crippen molar-refractivity contribution in [1.82, 2.24) is 0 Å². The van der Waals surface area contributed by atoms with E-state index in [1.54, 1.807) is 6.92 Å². The van der Waals surface area contributed by atoms with Crippen molar-refractivity contribution in [3.63, 3.8) is 0 Å². The van der Waals surface area contributed by atoms with Gasteiger partial charge in [0.15, 0.2) is 6.10 Å². The van der Waals surface area contributed by atoms with Crippen LogP contribution in [0.25, 0.3) is 0 Å². The van der Waals surface area contributed by atoms with E-state index >= 15 is 0 Å². The predicted molar refractivity (Wildman–Crippen MR) is 76.4 cm³/mol. The first kappa shape index (κ1) is 19.1.